The van der Waals surface area contributed by atoms with Crippen LogP contribution < -0.4 is 5.32 Å². The molecule has 0 aliphatic rings. The fraction of sp³-hybridized carbons (Fsp3) is 0.111. The van der Waals surface area contributed by atoms with Gasteiger partial charge in [-0.1, -0.05) is 47.5 Å². The van der Waals surface area contributed by atoms with Gasteiger partial charge in [0.2, 0.25) is 0 Å². The summed E-state index contributed by atoms with van der Waals surface area (Å²) in [4.78, 5) is 23.8. The van der Waals surface area contributed by atoms with E-state index in [-0.39, 0.29) is 0 Å². The maximum Gasteiger partial charge on any atom is 0.331 e. The monoisotopic (exact) mass is 363 g/mol. The minimum atomic E-state index is -0.928. The van der Waals surface area contributed by atoms with Crippen molar-refractivity contribution in [3.05, 3.63) is 70.2 Å². The number of rotatable bonds is 5. The number of para-hydroxylation sites is 1. The Balaban J connectivity index is 1.91. The Kier molecular flexibility index (Phi) is 6.41. The number of amides is 1. The first-order chi connectivity index (χ1) is 11.5. The Morgan fingerprint density at radius 1 is 1.12 bits per heavy atom. The largest absolute Gasteiger partial charge is 0.449 e. The van der Waals surface area contributed by atoms with E-state index in [2.05, 4.69) is 5.32 Å². The van der Waals surface area contributed by atoms with Gasteiger partial charge < -0.3 is 10.1 Å². The molecule has 1 amide bonds. The third kappa shape index (κ3) is 5.41. The molecule has 0 aromatic heterocycles. The van der Waals surface area contributed by atoms with Crippen molar-refractivity contribution in [3.63, 3.8) is 0 Å². The van der Waals surface area contributed by atoms with E-state index in [9.17, 15) is 9.59 Å². The molecule has 2 rings (SSSR count). The van der Waals surface area contributed by atoms with Crippen molar-refractivity contribution in [1.82, 2.24) is 0 Å². The lowest BCUT2D eigenvalue weighted by Gasteiger charge is -2.12. The number of hydrogen-bond donors (Lipinski definition) is 1. The molecule has 0 aliphatic carbocycles. The predicted molar refractivity (Wildman–Crippen MR) is 96.1 cm³/mol. The van der Waals surface area contributed by atoms with E-state index in [0.717, 1.165) is 0 Å². The molecule has 6 heteroatoms. The first kappa shape index (κ1) is 18.0. The molecule has 1 atom stereocenters. The van der Waals surface area contributed by atoms with Gasteiger partial charge in [0.15, 0.2) is 6.10 Å². The molecule has 2 aromatic carbocycles. The van der Waals surface area contributed by atoms with E-state index in [1.165, 1.54) is 19.1 Å². The van der Waals surface area contributed by atoms with Crippen LogP contribution >= 0.6 is 23.2 Å². The van der Waals surface area contributed by atoms with E-state index in [0.29, 0.717) is 21.3 Å². The molecule has 4 nitrogen and oxygen atoms in total. The van der Waals surface area contributed by atoms with E-state index in [1.807, 2.05) is 6.07 Å². The second-order valence-electron chi connectivity index (χ2n) is 4.93. The number of carbonyl (C=O) groups is 2. The summed E-state index contributed by atoms with van der Waals surface area (Å²) >= 11 is 11.8. The van der Waals surface area contributed by atoms with Crippen molar-refractivity contribution >= 4 is 46.8 Å². The normalized spacial score (nSPS) is 12.0. The molecule has 0 saturated heterocycles. The Morgan fingerprint density at radius 3 is 2.50 bits per heavy atom. The smallest absolute Gasteiger partial charge is 0.331 e. The summed E-state index contributed by atoms with van der Waals surface area (Å²) in [6.07, 6.45) is 1.78. The average Bonchev–Trinajstić information content (AvgIpc) is 2.55. The fourth-order valence-corrected chi connectivity index (χ4v) is 2.30. The SMILES string of the molecule is C[C@H](OC(=O)/C=C/c1ccc(Cl)cc1Cl)C(=O)Nc1ccccc1. The number of esters is 1. The second-order valence-corrected chi connectivity index (χ2v) is 5.78. The molecule has 0 fully saturated rings. The van der Waals surface area contributed by atoms with Crippen LogP contribution in [0.25, 0.3) is 6.08 Å². The van der Waals surface area contributed by atoms with Crippen LogP contribution in [0.15, 0.2) is 54.6 Å². The summed E-state index contributed by atoms with van der Waals surface area (Å²) in [7, 11) is 0. The van der Waals surface area contributed by atoms with Crippen LogP contribution in [0.4, 0.5) is 5.69 Å². The van der Waals surface area contributed by atoms with Gasteiger partial charge in [0, 0.05) is 21.8 Å². The van der Waals surface area contributed by atoms with Crippen molar-refractivity contribution in [2.24, 2.45) is 0 Å². The lowest BCUT2D eigenvalue weighted by Crippen LogP contribution is -2.29. The highest BCUT2D eigenvalue weighted by Gasteiger charge is 2.16. The topological polar surface area (TPSA) is 55.4 Å². The van der Waals surface area contributed by atoms with E-state index in [4.69, 9.17) is 27.9 Å². The highest BCUT2D eigenvalue weighted by molar-refractivity contribution is 6.35. The van der Waals surface area contributed by atoms with Gasteiger partial charge in [-0.3, -0.25) is 4.79 Å². The molecule has 1 N–H and O–H groups in total. The fourth-order valence-electron chi connectivity index (χ4n) is 1.83. The number of carbonyl (C=O) groups excluding carboxylic acids is 2. The van der Waals surface area contributed by atoms with Crippen LogP contribution in [0, 0.1) is 0 Å². The highest BCUT2D eigenvalue weighted by Crippen LogP contribution is 2.22. The maximum atomic E-state index is 12.0. The lowest BCUT2D eigenvalue weighted by atomic mass is 10.2. The van der Waals surface area contributed by atoms with Gasteiger partial charge in [-0.05, 0) is 42.8 Å². The number of halogens is 2. The molecule has 0 bridgehead atoms. The molecule has 2 aromatic rings. The Morgan fingerprint density at radius 2 is 1.83 bits per heavy atom. The van der Waals surface area contributed by atoms with Crippen LogP contribution in [0.5, 0.6) is 0 Å². The Hall–Kier alpha value is -2.30. The van der Waals surface area contributed by atoms with Gasteiger partial charge >= 0.3 is 5.97 Å². The van der Waals surface area contributed by atoms with E-state index in [1.54, 1.807) is 42.5 Å². The quantitative estimate of drug-likeness (QED) is 0.624. The third-order valence-electron chi connectivity index (χ3n) is 3.06. The minimum Gasteiger partial charge on any atom is -0.449 e. The molecule has 0 spiro atoms. The molecular formula is C18H15Cl2NO3. The first-order valence-corrected chi connectivity index (χ1v) is 7.91. The summed E-state index contributed by atoms with van der Waals surface area (Å²) < 4.78 is 5.06. The summed E-state index contributed by atoms with van der Waals surface area (Å²) in [6.45, 7) is 1.50. The molecule has 0 radical (unpaired) electrons. The minimum absolute atomic E-state index is 0.410. The Labute approximate surface area is 150 Å². The second kappa shape index (κ2) is 8.52. The van der Waals surface area contributed by atoms with Crippen LogP contribution in [0.3, 0.4) is 0 Å². The third-order valence-corrected chi connectivity index (χ3v) is 3.63. The van der Waals surface area contributed by atoms with Crippen LogP contribution in [0.1, 0.15) is 12.5 Å². The molecule has 124 valence electrons. The lowest BCUT2D eigenvalue weighted by molar-refractivity contribution is -0.148. The van der Waals surface area contributed by atoms with E-state index < -0.39 is 18.0 Å². The highest BCUT2D eigenvalue weighted by atomic mass is 35.5. The van der Waals surface area contributed by atoms with Crippen molar-refractivity contribution in [2.45, 2.75) is 13.0 Å². The molecule has 0 unspecified atom stereocenters. The summed E-state index contributed by atoms with van der Waals surface area (Å²) in [6, 6.07) is 13.8. The molecule has 0 aliphatic heterocycles. The number of benzene rings is 2. The van der Waals surface area contributed by atoms with Crippen LogP contribution in [-0.4, -0.2) is 18.0 Å². The van der Waals surface area contributed by atoms with Crippen molar-refractivity contribution < 1.29 is 14.3 Å². The average molecular weight is 364 g/mol. The molecule has 0 heterocycles. The Bertz CT molecular complexity index is 760. The van der Waals surface area contributed by atoms with Gasteiger partial charge in [0.05, 0.1) is 0 Å². The maximum absolute atomic E-state index is 12.0. The van der Waals surface area contributed by atoms with Crippen molar-refractivity contribution in [1.29, 1.82) is 0 Å². The van der Waals surface area contributed by atoms with Gasteiger partial charge in [0.25, 0.3) is 5.91 Å². The zero-order chi connectivity index (χ0) is 17.5. The summed E-state index contributed by atoms with van der Waals surface area (Å²) in [5, 5.41) is 3.58. The van der Waals surface area contributed by atoms with Gasteiger partial charge in [-0.15, -0.1) is 0 Å². The predicted octanol–water partition coefficient (Wildman–Crippen LogP) is 4.58. The zero-order valence-electron chi connectivity index (χ0n) is 12.8. The van der Waals surface area contributed by atoms with Gasteiger partial charge in [0.1, 0.15) is 0 Å². The number of nitrogens with one attached hydrogen (secondary N) is 1. The van der Waals surface area contributed by atoms with Gasteiger partial charge in [-0.2, -0.15) is 0 Å². The zero-order valence-corrected chi connectivity index (χ0v) is 14.3. The van der Waals surface area contributed by atoms with Crippen molar-refractivity contribution in [3.8, 4) is 0 Å². The number of ether oxygens (including phenoxy) is 1. The van der Waals surface area contributed by atoms with E-state index >= 15 is 0 Å². The summed E-state index contributed by atoms with van der Waals surface area (Å²) in [5.74, 6) is -1.05. The standard InChI is InChI=1S/C18H15Cl2NO3/c1-12(18(23)21-15-5-3-2-4-6-15)24-17(22)10-8-13-7-9-14(19)11-16(13)20/h2-12H,1H3,(H,21,23)/b10-8+/t12-/m0/s1. The van der Waals surface area contributed by atoms with Crippen LogP contribution in [-0.2, 0) is 14.3 Å². The number of hydrogen-bond acceptors (Lipinski definition) is 3. The number of anilines is 1. The molecular weight excluding hydrogens is 349 g/mol. The van der Waals surface area contributed by atoms with Crippen molar-refractivity contribution in [2.75, 3.05) is 5.32 Å². The van der Waals surface area contributed by atoms with Gasteiger partial charge in [-0.25, -0.2) is 4.79 Å². The molecule has 24 heavy (non-hydrogen) atoms. The molecule has 0 saturated carbocycles. The van der Waals surface area contributed by atoms with Crippen LogP contribution in [0.2, 0.25) is 10.0 Å². The first-order valence-electron chi connectivity index (χ1n) is 7.15. The summed E-state index contributed by atoms with van der Waals surface area (Å²) in [5.41, 5.74) is 1.26.